The molecule has 3 aromatic rings. The molecule has 2 amide bonds. The van der Waals surface area contributed by atoms with Gasteiger partial charge in [0.2, 0.25) is 5.82 Å². The van der Waals surface area contributed by atoms with E-state index in [1.165, 1.54) is 12.1 Å². The van der Waals surface area contributed by atoms with E-state index in [0.29, 0.717) is 22.9 Å². The smallest absolute Gasteiger partial charge is 0.313 e. The van der Waals surface area contributed by atoms with Gasteiger partial charge in [-0.05, 0) is 52.3 Å². The van der Waals surface area contributed by atoms with Crippen LogP contribution in [0.4, 0.5) is 32.8 Å². The van der Waals surface area contributed by atoms with Gasteiger partial charge in [0.15, 0.2) is 5.69 Å². The molecule has 1 aliphatic rings. The third kappa shape index (κ3) is 6.27. The lowest BCUT2D eigenvalue weighted by Crippen LogP contribution is -2.33. The zero-order valence-corrected chi connectivity index (χ0v) is 23.3. The van der Waals surface area contributed by atoms with E-state index in [2.05, 4.69) is 26.2 Å². The number of hydrogen-bond donors (Lipinski definition) is 0. The van der Waals surface area contributed by atoms with Crippen LogP contribution in [0.25, 0.3) is 0 Å². The summed E-state index contributed by atoms with van der Waals surface area (Å²) >= 11 is 2.78. The lowest BCUT2D eigenvalue weighted by Gasteiger charge is -2.19. The minimum Gasteiger partial charge on any atom is -0.464 e. The van der Waals surface area contributed by atoms with E-state index in [4.69, 9.17) is 4.74 Å². The van der Waals surface area contributed by atoms with E-state index < -0.39 is 55.0 Å². The Morgan fingerprint density at radius 1 is 1.00 bits per heavy atom. The van der Waals surface area contributed by atoms with Crippen molar-refractivity contribution >= 4 is 62.2 Å². The van der Waals surface area contributed by atoms with Gasteiger partial charge < -0.3 is 9.64 Å². The largest absolute Gasteiger partial charge is 0.464 e. The summed E-state index contributed by atoms with van der Waals surface area (Å²) in [6.45, 7) is 0.0742. The fourth-order valence-corrected chi connectivity index (χ4v) is 4.48. The molecule has 0 fully saturated rings. The van der Waals surface area contributed by atoms with E-state index in [9.17, 15) is 39.0 Å². The number of amides is 2. The summed E-state index contributed by atoms with van der Waals surface area (Å²) in [7, 11) is 1.72. The molecule has 4 rings (SSSR count). The van der Waals surface area contributed by atoms with Gasteiger partial charge in [0.1, 0.15) is 6.61 Å². The molecule has 0 spiro atoms. The van der Waals surface area contributed by atoms with Crippen LogP contribution >= 0.6 is 15.9 Å². The lowest BCUT2D eigenvalue weighted by atomic mass is 10.1. The molecule has 0 aliphatic carbocycles. The van der Waals surface area contributed by atoms with Gasteiger partial charge in [-0.15, -0.1) is 5.11 Å². The number of anilines is 1. The first-order chi connectivity index (χ1) is 20.0. The molecule has 216 valence electrons. The van der Waals surface area contributed by atoms with Crippen LogP contribution in [-0.4, -0.2) is 59.3 Å². The maximum absolute atomic E-state index is 14.3. The fourth-order valence-electron chi connectivity index (χ4n) is 3.99. The highest BCUT2D eigenvalue weighted by Crippen LogP contribution is 2.42. The Bertz CT molecular complexity index is 1600. The van der Waals surface area contributed by atoms with Gasteiger partial charge in [0, 0.05) is 19.3 Å². The summed E-state index contributed by atoms with van der Waals surface area (Å²) < 4.78 is 18.9. The van der Waals surface area contributed by atoms with Crippen molar-refractivity contribution in [2.45, 2.75) is 6.42 Å². The first-order valence-corrected chi connectivity index (χ1v) is 12.9. The number of rotatable bonds is 11. The molecular formula is C26H20BrFN6O8. The van der Waals surface area contributed by atoms with Gasteiger partial charge in [-0.3, -0.25) is 39.5 Å². The molecule has 0 unspecified atom stereocenters. The maximum Gasteiger partial charge on any atom is 0.313 e. The number of nitro groups is 2. The number of azo groups is 1. The van der Waals surface area contributed by atoms with Crippen LogP contribution in [0, 0.1) is 26.0 Å². The third-order valence-corrected chi connectivity index (χ3v) is 6.92. The van der Waals surface area contributed by atoms with Crippen LogP contribution in [0.1, 0.15) is 27.1 Å². The minimum atomic E-state index is -1.32. The Balaban J connectivity index is 1.30. The highest BCUT2D eigenvalue weighted by molar-refractivity contribution is 9.10. The fraction of sp³-hybridized carbons (Fsp3) is 0.192. The first kappa shape index (κ1) is 29.9. The lowest BCUT2D eigenvalue weighted by molar-refractivity contribution is -0.395. The van der Waals surface area contributed by atoms with Crippen molar-refractivity contribution in [1.29, 1.82) is 0 Å². The number of carbonyl (C=O) groups excluding carboxylic acids is 3. The van der Waals surface area contributed by atoms with E-state index in [-0.39, 0.29) is 31.8 Å². The molecule has 42 heavy (non-hydrogen) atoms. The monoisotopic (exact) mass is 642 g/mol. The van der Waals surface area contributed by atoms with Crippen molar-refractivity contribution in [2.75, 3.05) is 31.6 Å². The van der Waals surface area contributed by atoms with Gasteiger partial charge in [-0.2, -0.15) is 9.50 Å². The minimum absolute atomic E-state index is 0.0173. The van der Waals surface area contributed by atoms with Gasteiger partial charge >= 0.3 is 17.3 Å². The number of ether oxygens (including phenoxy) is 1. The molecule has 3 aromatic carbocycles. The standard InChI is InChI=1S/C26H20BrFN6O8/c1-31(11-10-21(35)42-13-12-32-25(36)17-4-2-3-5-18(17)26(32)37)16-8-6-15(7-9-16)29-30-24-20(34(40)41)14-19(33(38)39)23(28)22(24)27/h2-9,14H,10-13H2,1H3. The molecule has 1 heterocycles. The molecular weight excluding hydrogens is 623 g/mol. The number of nitrogens with zero attached hydrogens (tertiary/aromatic N) is 6. The summed E-state index contributed by atoms with van der Waals surface area (Å²) in [5.41, 5.74) is -0.834. The Hall–Kier alpha value is -5.12. The van der Waals surface area contributed by atoms with E-state index in [1.54, 1.807) is 48.3 Å². The highest BCUT2D eigenvalue weighted by Gasteiger charge is 2.35. The predicted molar refractivity (Wildman–Crippen MR) is 149 cm³/mol. The number of imide groups is 1. The van der Waals surface area contributed by atoms with Crippen molar-refractivity contribution < 1.29 is 33.4 Å². The molecule has 0 N–H and O–H groups in total. The number of halogens is 2. The highest BCUT2D eigenvalue weighted by atomic mass is 79.9. The van der Waals surface area contributed by atoms with Gasteiger partial charge in [0.25, 0.3) is 11.8 Å². The van der Waals surface area contributed by atoms with Crippen LogP contribution in [0.2, 0.25) is 0 Å². The van der Waals surface area contributed by atoms with Crippen LogP contribution in [0.3, 0.4) is 0 Å². The number of hydrogen-bond acceptors (Lipinski definition) is 11. The summed E-state index contributed by atoms with van der Waals surface area (Å²) in [6, 6.07) is 13.3. The molecule has 0 saturated carbocycles. The summed E-state index contributed by atoms with van der Waals surface area (Å²) in [6.07, 6.45) is 0.0173. The number of esters is 1. The number of benzene rings is 3. The molecule has 14 nitrogen and oxygen atoms in total. The van der Waals surface area contributed by atoms with E-state index in [0.717, 1.165) is 4.90 Å². The third-order valence-electron chi connectivity index (χ3n) is 6.20. The average Bonchev–Trinajstić information content (AvgIpc) is 3.21. The Kier molecular flexibility index (Phi) is 8.95. The van der Waals surface area contributed by atoms with Gasteiger partial charge in [-0.1, -0.05) is 12.1 Å². The second kappa shape index (κ2) is 12.6. The van der Waals surface area contributed by atoms with E-state index in [1.807, 2.05) is 0 Å². The topological polar surface area (TPSA) is 178 Å². The van der Waals surface area contributed by atoms with Crippen molar-refractivity contribution in [2.24, 2.45) is 10.2 Å². The molecule has 0 atom stereocenters. The zero-order valence-electron chi connectivity index (χ0n) is 21.7. The Morgan fingerprint density at radius 2 is 1.60 bits per heavy atom. The first-order valence-electron chi connectivity index (χ1n) is 12.1. The van der Waals surface area contributed by atoms with E-state index >= 15 is 0 Å². The molecule has 16 heteroatoms. The van der Waals surface area contributed by atoms with Crippen LogP contribution in [0.5, 0.6) is 0 Å². The number of carbonyl (C=O) groups is 3. The second-order valence-corrected chi connectivity index (χ2v) is 9.61. The van der Waals surface area contributed by atoms with Crippen molar-refractivity contribution in [1.82, 2.24) is 4.90 Å². The van der Waals surface area contributed by atoms with Crippen molar-refractivity contribution in [3.63, 3.8) is 0 Å². The summed E-state index contributed by atoms with van der Waals surface area (Å²) in [5, 5.41) is 29.9. The molecule has 1 aliphatic heterocycles. The van der Waals surface area contributed by atoms with Gasteiger partial charge in [0.05, 0.1) is 50.2 Å². The van der Waals surface area contributed by atoms with Crippen LogP contribution in [-0.2, 0) is 9.53 Å². The molecule has 0 bridgehead atoms. The maximum atomic E-state index is 14.3. The van der Waals surface area contributed by atoms with Crippen molar-refractivity contribution in [3.05, 3.63) is 96.2 Å². The normalized spacial score (nSPS) is 12.5. The second-order valence-electron chi connectivity index (χ2n) is 8.82. The van der Waals surface area contributed by atoms with Crippen LogP contribution < -0.4 is 4.90 Å². The van der Waals surface area contributed by atoms with Crippen LogP contribution in [0.15, 0.2) is 69.3 Å². The predicted octanol–water partition coefficient (Wildman–Crippen LogP) is 5.49. The number of nitro benzene ring substituents is 2. The molecule has 0 radical (unpaired) electrons. The summed E-state index contributed by atoms with van der Waals surface area (Å²) in [4.78, 5) is 60.1. The van der Waals surface area contributed by atoms with Crippen molar-refractivity contribution in [3.8, 4) is 0 Å². The Labute approximate surface area is 244 Å². The average molecular weight is 643 g/mol. The quantitative estimate of drug-likeness (QED) is 0.0860. The zero-order chi connectivity index (χ0) is 30.6. The number of fused-ring (bicyclic) bond motifs is 1. The SMILES string of the molecule is CN(CCC(=O)OCCN1C(=O)c2ccccc2C1=O)c1ccc(N=Nc2c([N+](=O)[O-])cc([N+](=O)[O-])c(F)c2Br)cc1. The summed E-state index contributed by atoms with van der Waals surface area (Å²) in [5.74, 6) is -2.70. The van der Waals surface area contributed by atoms with Gasteiger partial charge in [-0.25, -0.2) is 0 Å². The Morgan fingerprint density at radius 3 is 2.17 bits per heavy atom. The molecule has 0 saturated heterocycles. The molecule has 0 aromatic heterocycles.